The summed E-state index contributed by atoms with van der Waals surface area (Å²) in [6, 6.07) is 24.4. The lowest BCUT2D eigenvalue weighted by Crippen LogP contribution is -2.00. The molecule has 0 spiro atoms. The molecule has 134 valence electrons. The van der Waals surface area contributed by atoms with E-state index in [2.05, 4.69) is 36.1 Å². The molecule has 0 aromatic heterocycles. The van der Waals surface area contributed by atoms with Gasteiger partial charge in [0.15, 0.2) is 0 Å². The fraction of sp³-hybridized carbons (Fsp3) is 0.0769. The van der Waals surface area contributed by atoms with Crippen molar-refractivity contribution in [3.63, 3.8) is 0 Å². The molecule has 4 rings (SSSR count). The molecule has 0 heterocycles. The molecule has 0 aliphatic heterocycles. The van der Waals surface area contributed by atoms with E-state index in [0.29, 0.717) is 0 Å². The quantitative estimate of drug-likeness (QED) is 0.425. The van der Waals surface area contributed by atoms with Gasteiger partial charge in [-0.1, -0.05) is 72.5 Å². The van der Waals surface area contributed by atoms with Crippen LogP contribution in [0.25, 0.3) is 32.7 Å². The molecule has 0 radical (unpaired) electrons. The van der Waals surface area contributed by atoms with E-state index in [1.807, 2.05) is 48.5 Å². The molecular weight excluding hydrogens is 344 g/mol. The zero-order valence-electron chi connectivity index (χ0n) is 15.3. The summed E-state index contributed by atoms with van der Waals surface area (Å²) in [4.78, 5) is 0. The van der Waals surface area contributed by atoms with Crippen molar-refractivity contribution in [3.8, 4) is 47.3 Å². The number of benzene rings is 4. The number of terminal acetylenes is 2. The van der Waals surface area contributed by atoms with Crippen molar-refractivity contribution < 1.29 is 9.47 Å². The Kier molecular flexibility index (Phi) is 4.87. The lowest BCUT2D eigenvalue weighted by Gasteiger charge is -2.18. The fourth-order valence-corrected chi connectivity index (χ4v) is 3.50. The van der Waals surface area contributed by atoms with E-state index in [0.717, 1.165) is 44.2 Å². The van der Waals surface area contributed by atoms with Crippen LogP contribution in [0.4, 0.5) is 0 Å². The number of ether oxygens (including phenoxy) is 2. The molecule has 4 aromatic carbocycles. The highest BCUT2D eigenvalue weighted by Crippen LogP contribution is 2.45. The first-order valence-corrected chi connectivity index (χ1v) is 9.00. The van der Waals surface area contributed by atoms with Crippen molar-refractivity contribution in [2.45, 2.75) is 0 Å². The van der Waals surface area contributed by atoms with Gasteiger partial charge in [0.25, 0.3) is 0 Å². The molecule has 0 atom stereocenters. The molecule has 0 aliphatic carbocycles. The molecule has 2 heteroatoms. The third-order valence-electron chi connectivity index (χ3n) is 4.65. The normalized spacial score (nSPS) is 10.4. The van der Waals surface area contributed by atoms with Crippen LogP contribution in [0.3, 0.4) is 0 Å². The van der Waals surface area contributed by atoms with Crippen LogP contribution in [-0.4, -0.2) is 13.2 Å². The highest BCUT2D eigenvalue weighted by Gasteiger charge is 2.18. The minimum Gasteiger partial charge on any atom is -0.480 e. The first-order valence-electron chi connectivity index (χ1n) is 9.00. The molecule has 0 fully saturated rings. The summed E-state index contributed by atoms with van der Waals surface area (Å²) in [6.07, 6.45) is 10.9. The molecule has 0 amide bonds. The average molecular weight is 362 g/mol. The van der Waals surface area contributed by atoms with Gasteiger partial charge >= 0.3 is 0 Å². The zero-order valence-corrected chi connectivity index (χ0v) is 15.3. The minimum atomic E-state index is 0.191. The summed E-state index contributed by atoms with van der Waals surface area (Å²) >= 11 is 0. The third kappa shape index (κ3) is 3.13. The Labute approximate surface area is 164 Å². The monoisotopic (exact) mass is 362 g/mol. The standard InChI is InChI=1S/C26H18O2/c1-3-17-27-23-15-13-19-9-5-7-11-21(19)25(23)26-22-12-8-6-10-20(22)14-16-24(26)28-18-4-2/h1-2,5-16H,17-18H2. The van der Waals surface area contributed by atoms with E-state index in [1.54, 1.807) is 0 Å². The lowest BCUT2D eigenvalue weighted by atomic mass is 9.92. The van der Waals surface area contributed by atoms with Crippen molar-refractivity contribution in [3.05, 3.63) is 72.8 Å². The van der Waals surface area contributed by atoms with E-state index >= 15 is 0 Å². The Morgan fingerprint density at radius 3 is 1.43 bits per heavy atom. The highest BCUT2D eigenvalue weighted by atomic mass is 16.5. The Morgan fingerprint density at radius 1 is 0.571 bits per heavy atom. The van der Waals surface area contributed by atoms with Gasteiger partial charge in [-0.2, -0.15) is 0 Å². The molecule has 4 aromatic rings. The summed E-state index contributed by atoms with van der Waals surface area (Å²) < 4.78 is 11.9. The molecule has 28 heavy (non-hydrogen) atoms. The van der Waals surface area contributed by atoms with Crippen molar-refractivity contribution in [2.75, 3.05) is 13.2 Å². The van der Waals surface area contributed by atoms with E-state index in [4.69, 9.17) is 22.3 Å². The van der Waals surface area contributed by atoms with Gasteiger partial charge in [0.05, 0.1) is 0 Å². The smallest absolute Gasteiger partial charge is 0.148 e. The summed E-state index contributed by atoms with van der Waals surface area (Å²) in [5.74, 6) is 6.54. The van der Waals surface area contributed by atoms with Crippen LogP contribution < -0.4 is 9.47 Å². The first kappa shape index (κ1) is 17.5. The second-order valence-electron chi connectivity index (χ2n) is 6.31. The molecule has 0 aliphatic rings. The first-order chi connectivity index (χ1) is 13.8. The van der Waals surface area contributed by atoms with E-state index in [9.17, 15) is 0 Å². The van der Waals surface area contributed by atoms with Gasteiger partial charge in [0.2, 0.25) is 0 Å². The van der Waals surface area contributed by atoms with Gasteiger partial charge in [0.1, 0.15) is 24.7 Å². The van der Waals surface area contributed by atoms with Crippen LogP contribution in [0.15, 0.2) is 72.8 Å². The Bertz CT molecular complexity index is 1140. The lowest BCUT2D eigenvalue weighted by molar-refractivity contribution is 0.367. The zero-order chi connectivity index (χ0) is 19.3. The molecule has 2 nitrogen and oxygen atoms in total. The Morgan fingerprint density at radius 2 is 1.00 bits per heavy atom. The maximum absolute atomic E-state index is 5.93. The third-order valence-corrected chi connectivity index (χ3v) is 4.65. The molecule has 0 unspecified atom stereocenters. The largest absolute Gasteiger partial charge is 0.480 e. The van der Waals surface area contributed by atoms with Crippen molar-refractivity contribution in [1.29, 1.82) is 0 Å². The van der Waals surface area contributed by atoms with Gasteiger partial charge in [-0.05, 0) is 33.7 Å². The Hall–Kier alpha value is -3.88. The predicted octanol–water partition coefficient (Wildman–Crippen LogP) is 5.68. The number of hydrogen-bond acceptors (Lipinski definition) is 2. The van der Waals surface area contributed by atoms with Crippen LogP contribution in [-0.2, 0) is 0 Å². The number of hydrogen-bond donors (Lipinski definition) is 0. The molecule has 0 saturated heterocycles. The predicted molar refractivity (Wildman–Crippen MR) is 116 cm³/mol. The van der Waals surface area contributed by atoms with Crippen molar-refractivity contribution >= 4 is 21.5 Å². The van der Waals surface area contributed by atoms with E-state index < -0.39 is 0 Å². The number of fused-ring (bicyclic) bond motifs is 2. The fourth-order valence-electron chi connectivity index (χ4n) is 3.50. The molecule has 0 bridgehead atoms. The van der Waals surface area contributed by atoms with Gasteiger partial charge in [0, 0.05) is 11.1 Å². The maximum Gasteiger partial charge on any atom is 0.148 e. The van der Waals surface area contributed by atoms with Gasteiger partial charge < -0.3 is 9.47 Å². The van der Waals surface area contributed by atoms with E-state index in [1.165, 1.54) is 0 Å². The number of rotatable bonds is 5. The second kappa shape index (κ2) is 7.78. The minimum absolute atomic E-state index is 0.191. The van der Waals surface area contributed by atoms with Crippen molar-refractivity contribution in [1.82, 2.24) is 0 Å². The average Bonchev–Trinajstić information content (AvgIpc) is 2.75. The molecule has 0 N–H and O–H groups in total. The summed E-state index contributed by atoms with van der Waals surface area (Å²) in [5.41, 5.74) is 1.91. The van der Waals surface area contributed by atoms with Crippen molar-refractivity contribution in [2.24, 2.45) is 0 Å². The highest BCUT2D eigenvalue weighted by molar-refractivity contribution is 6.09. The van der Waals surface area contributed by atoms with Crippen LogP contribution in [0, 0.1) is 24.7 Å². The van der Waals surface area contributed by atoms with Gasteiger partial charge in [-0.3, -0.25) is 0 Å². The summed E-state index contributed by atoms with van der Waals surface area (Å²) in [7, 11) is 0. The van der Waals surface area contributed by atoms with Crippen LogP contribution in [0.1, 0.15) is 0 Å². The summed E-state index contributed by atoms with van der Waals surface area (Å²) in [6.45, 7) is 0.382. The molecule has 0 saturated carbocycles. The maximum atomic E-state index is 5.93. The van der Waals surface area contributed by atoms with E-state index in [-0.39, 0.29) is 13.2 Å². The topological polar surface area (TPSA) is 18.5 Å². The van der Waals surface area contributed by atoms with Crippen LogP contribution in [0.2, 0.25) is 0 Å². The SMILES string of the molecule is C#CCOc1ccc2ccccc2c1-c1c(OCC#C)ccc2ccccc12. The Balaban J connectivity index is 2.10. The van der Waals surface area contributed by atoms with Gasteiger partial charge in [-0.25, -0.2) is 0 Å². The summed E-state index contributed by atoms with van der Waals surface area (Å²) in [5, 5.41) is 4.36. The second-order valence-corrected chi connectivity index (χ2v) is 6.31. The van der Waals surface area contributed by atoms with Gasteiger partial charge in [-0.15, -0.1) is 12.8 Å². The van der Waals surface area contributed by atoms with Crippen LogP contribution >= 0.6 is 0 Å². The molecular formula is C26H18O2. The van der Waals surface area contributed by atoms with Crippen LogP contribution in [0.5, 0.6) is 11.5 Å².